The first kappa shape index (κ1) is 15.3. The first-order chi connectivity index (χ1) is 6.93. The molecule has 0 aliphatic rings. The first-order valence-electron chi connectivity index (χ1n) is 3.94. The van der Waals surface area contributed by atoms with E-state index in [0.29, 0.717) is 5.69 Å². The molecule has 80 valence electrons. The van der Waals surface area contributed by atoms with E-state index < -0.39 is 16.0 Å². The van der Waals surface area contributed by atoms with Crippen molar-refractivity contribution in [1.29, 1.82) is 0 Å². The summed E-state index contributed by atoms with van der Waals surface area (Å²) in [7, 11) is -4.19. The topological polar surface area (TPSA) is 83.5 Å². The molecular formula is C9H9NNaO4S+. The van der Waals surface area contributed by atoms with Crippen molar-refractivity contribution in [3.05, 3.63) is 36.9 Å². The Hall–Kier alpha value is -0.660. The molecule has 0 unspecified atom stereocenters. The Morgan fingerprint density at radius 3 is 2.19 bits per heavy atom. The van der Waals surface area contributed by atoms with Gasteiger partial charge in [0.1, 0.15) is 0 Å². The van der Waals surface area contributed by atoms with Gasteiger partial charge in [-0.2, -0.15) is 8.42 Å². The van der Waals surface area contributed by atoms with Gasteiger partial charge in [0.25, 0.3) is 10.1 Å². The summed E-state index contributed by atoms with van der Waals surface area (Å²) >= 11 is 0. The van der Waals surface area contributed by atoms with Crippen LogP contribution in [0.4, 0.5) is 5.69 Å². The van der Waals surface area contributed by atoms with Crippen LogP contribution in [-0.2, 0) is 14.9 Å². The average molecular weight is 250 g/mol. The number of benzene rings is 1. The maximum Gasteiger partial charge on any atom is 1.00 e. The van der Waals surface area contributed by atoms with Crippen LogP contribution < -0.4 is 34.9 Å². The Morgan fingerprint density at radius 1 is 1.31 bits per heavy atom. The number of carbonyl (C=O) groups is 1. The smallest absolute Gasteiger partial charge is 0.323 e. The van der Waals surface area contributed by atoms with Crippen LogP contribution in [0.25, 0.3) is 0 Å². The number of nitrogens with one attached hydrogen (secondary N) is 1. The van der Waals surface area contributed by atoms with Crippen LogP contribution in [0, 0.1) is 0 Å². The maximum absolute atomic E-state index is 10.9. The summed E-state index contributed by atoms with van der Waals surface area (Å²) in [4.78, 5) is 10.6. The molecule has 2 N–H and O–H groups in total. The van der Waals surface area contributed by atoms with Gasteiger partial charge in [0, 0.05) is 5.69 Å². The summed E-state index contributed by atoms with van der Waals surface area (Å²) in [5.74, 6) is -0.394. The molecule has 1 amide bonds. The SMILES string of the molecule is C=CC(=O)Nc1ccc(S(=O)(=O)O)cc1.[Na+]. The van der Waals surface area contributed by atoms with Crippen LogP contribution in [0.15, 0.2) is 41.8 Å². The Morgan fingerprint density at radius 2 is 1.81 bits per heavy atom. The molecular weight excluding hydrogens is 241 g/mol. The molecule has 5 nitrogen and oxygen atoms in total. The van der Waals surface area contributed by atoms with Crippen LogP contribution in [0.1, 0.15) is 0 Å². The predicted molar refractivity (Wildman–Crippen MR) is 55.1 cm³/mol. The van der Waals surface area contributed by atoms with Crippen molar-refractivity contribution >= 4 is 21.7 Å². The number of hydrogen-bond acceptors (Lipinski definition) is 3. The van der Waals surface area contributed by atoms with E-state index >= 15 is 0 Å². The molecule has 0 heterocycles. The minimum absolute atomic E-state index is 0. The predicted octanol–water partition coefficient (Wildman–Crippen LogP) is -1.94. The summed E-state index contributed by atoms with van der Waals surface area (Å²) in [6.07, 6.45) is 1.09. The van der Waals surface area contributed by atoms with Crippen LogP contribution in [0.5, 0.6) is 0 Å². The zero-order valence-electron chi connectivity index (χ0n) is 8.67. The van der Waals surface area contributed by atoms with Gasteiger partial charge in [-0.25, -0.2) is 0 Å². The molecule has 0 aliphatic carbocycles. The molecule has 1 aromatic rings. The Kier molecular flexibility index (Phi) is 5.91. The second-order valence-electron chi connectivity index (χ2n) is 2.69. The van der Waals surface area contributed by atoms with Gasteiger partial charge >= 0.3 is 29.6 Å². The molecule has 0 radical (unpaired) electrons. The van der Waals surface area contributed by atoms with E-state index in [4.69, 9.17) is 4.55 Å². The van der Waals surface area contributed by atoms with Gasteiger partial charge in [-0.1, -0.05) is 6.58 Å². The van der Waals surface area contributed by atoms with Crippen molar-refractivity contribution in [2.24, 2.45) is 0 Å². The number of carbonyl (C=O) groups excluding carboxylic acids is 1. The Balaban J connectivity index is 0.00000225. The fourth-order valence-electron chi connectivity index (χ4n) is 0.904. The number of rotatable bonds is 3. The molecule has 0 spiro atoms. The third-order valence-corrected chi connectivity index (χ3v) is 2.47. The van der Waals surface area contributed by atoms with Crippen molar-refractivity contribution in [3.63, 3.8) is 0 Å². The van der Waals surface area contributed by atoms with Gasteiger partial charge in [-0.05, 0) is 30.3 Å². The molecule has 0 saturated carbocycles. The van der Waals surface area contributed by atoms with Gasteiger partial charge in [0.05, 0.1) is 4.90 Å². The Labute approximate surface area is 116 Å². The van der Waals surface area contributed by atoms with E-state index in [1.165, 1.54) is 24.3 Å². The largest absolute Gasteiger partial charge is 1.00 e. The van der Waals surface area contributed by atoms with Crippen molar-refractivity contribution in [3.8, 4) is 0 Å². The third-order valence-electron chi connectivity index (χ3n) is 1.61. The van der Waals surface area contributed by atoms with E-state index in [1.807, 2.05) is 0 Å². The van der Waals surface area contributed by atoms with Gasteiger partial charge in [-0.15, -0.1) is 0 Å². The molecule has 1 rings (SSSR count). The number of anilines is 1. The van der Waals surface area contributed by atoms with Crippen molar-refractivity contribution in [2.45, 2.75) is 4.90 Å². The number of amides is 1. The van der Waals surface area contributed by atoms with E-state index in [2.05, 4.69) is 11.9 Å². The summed E-state index contributed by atoms with van der Waals surface area (Å²) in [5.41, 5.74) is 0.423. The number of hydrogen-bond donors (Lipinski definition) is 2. The van der Waals surface area contributed by atoms with Crippen LogP contribution >= 0.6 is 0 Å². The zero-order chi connectivity index (χ0) is 11.5. The van der Waals surface area contributed by atoms with Crippen LogP contribution in [0.2, 0.25) is 0 Å². The molecule has 0 aromatic heterocycles. The summed E-state index contributed by atoms with van der Waals surface area (Å²) < 4.78 is 30.0. The normalized spacial score (nSPS) is 10.1. The fraction of sp³-hybridized carbons (Fsp3) is 0. The van der Waals surface area contributed by atoms with Gasteiger partial charge in [0.2, 0.25) is 5.91 Å². The monoisotopic (exact) mass is 250 g/mol. The van der Waals surface area contributed by atoms with Crippen molar-refractivity contribution in [2.75, 3.05) is 5.32 Å². The molecule has 0 saturated heterocycles. The molecule has 0 bridgehead atoms. The van der Waals surface area contributed by atoms with E-state index in [9.17, 15) is 13.2 Å². The molecule has 0 aliphatic heterocycles. The van der Waals surface area contributed by atoms with Crippen LogP contribution in [0.3, 0.4) is 0 Å². The minimum Gasteiger partial charge on any atom is -0.323 e. The molecule has 16 heavy (non-hydrogen) atoms. The minimum atomic E-state index is -4.19. The Bertz CT molecular complexity index is 481. The van der Waals surface area contributed by atoms with Crippen LogP contribution in [-0.4, -0.2) is 18.9 Å². The second kappa shape index (κ2) is 6.17. The van der Waals surface area contributed by atoms with E-state index in [0.717, 1.165) is 6.08 Å². The maximum atomic E-state index is 10.9. The second-order valence-corrected chi connectivity index (χ2v) is 4.11. The molecule has 0 atom stereocenters. The van der Waals surface area contributed by atoms with E-state index in [1.54, 1.807) is 0 Å². The first-order valence-corrected chi connectivity index (χ1v) is 5.38. The summed E-state index contributed by atoms with van der Waals surface area (Å²) in [6.45, 7) is 3.27. The van der Waals surface area contributed by atoms with Crippen molar-refractivity contribution < 1.29 is 47.3 Å². The molecule has 0 fully saturated rings. The van der Waals surface area contributed by atoms with Crippen molar-refractivity contribution in [1.82, 2.24) is 0 Å². The molecule has 7 heteroatoms. The standard InChI is InChI=1S/C9H9NO4S.Na/c1-2-9(11)10-7-3-5-8(6-4-7)15(12,13)14;/h2-6H,1H2,(H,10,11)(H,12,13,14);/q;+1. The van der Waals surface area contributed by atoms with Gasteiger partial charge in [0.15, 0.2) is 0 Å². The van der Waals surface area contributed by atoms with E-state index in [-0.39, 0.29) is 34.5 Å². The van der Waals surface area contributed by atoms with Gasteiger partial charge < -0.3 is 5.32 Å². The zero-order valence-corrected chi connectivity index (χ0v) is 11.5. The average Bonchev–Trinajstić information content (AvgIpc) is 2.17. The third kappa shape index (κ3) is 4.46. The summed E-state index contributed by atoms with van der Waals surface area (Å²) in [5, 5.41) is 2.44. The quantitative estimate of drug-likeness (QED) is 0.371. The fourth-order valence-corrected chi connectivity index (χ4v) is 1.38. The van der Waals surface area contributed by atoms with Gasteiger partial charge in [-0.3, -0.25) is 9.35 Å². The molecule has 1 aromatic carbocycles. The summed E-state index contributed by atoms with van der Waals surface area (Å²) in [6, 6.07) is 5.11.